The third-order valence-corrected chi connectivity index (χ3v) is 2.18. The number of rotatable bonds is 2. The summed E-state index contributed by atoms with van der Waals surface area (Å²) < 4.78 is 1.60. The van der Waals surface area contributed by atoms with Crippen LogP contribution in [0.1, 0.15) is 18.4 Å². The van der Waals surface area contributed by atoms with Gasteiger partial charge in [-0.2, -0.15) is 5.10 Å². The topological polar surface area (TPSA) is 67.5 Å². The van der Waals surface area contributed by atoms with E-state index in [1.54, 1.807) is 29.8 Å². The van der Waals surface area contributed by atoms with Crippen LogP contribution >= 0.6 is 0 Å². The lowest BCUT2D eigenvalue weighted by molar-refractivity contribution is -0.138. The van der Waals surface area contributed by atoms with Gasteiger partial charge in [0, 0.05) is 6.20 Å². The van der Waals surface area contributed by atoms with Crippen LogP contribution in [0.4, 0.5) is 0 Å². The van der Waals surface area contributed by atoms with Gasteiger partial charge in [-0.25, -0.2) is 9.50 Å². The van der Waals surface area contributed by atoms with Gasteiger partial charge in [0.25, 0.3) is 0 Å². The summed E-state index contributed by atoms with van der Waals surface area (Å²) in [7, 11) is 0. The van der Waals surface area contributed by atoms with E-state index in [0.29, 0.717) is 5.65 Å². The second-order valence-electron chi connectivity index (χ2n) is 3.08. The van der Waals surface area contributed by atoms with Crippen LogP contribution in [0.3, 0.4) is 0 Å². The molecule has 1 unspecified atom stereocenters. The highest BCUT2D eigenvalue weighted by Gasteiger charge is 2.13. The molecule has 1 N–H and O–H groups in total. The number of pyridine rings is 1. The number of carboxylic acids is 1. The molecule has 0 saturated carbocycles. The Morgan fingerprint density at radius 3 is 3.14 bits per heavy atom. The molecule has 72 valence electrons. The van der Waals surface area contributed by atoms with Gasteiger partial charge in [-0.1, -0.05) is 0 Å². The van der Waals surface area contributed by atoms with E-state index in [4.69, 9.17) is 5.11 Å². The second kappa shape index (κ2) is 3.10. The predicted molar refractivity (Wildman–Crippen MR) is 49.0 cm³/mol. The molecule has 0 amide bonds. The van der Waals surface area contributed by atoms with E-state index >= 15 is 0 Å². The fourth-order valence-corrected chi connectivity index (χ4v) is 1.24. The maximum atomic E-state index is 10.7. The Labute approximate surface area is 80.0 Å². The molecule has 0 aliphatic carbocycles. The van der Waals surface area contributed by atoms with Crippen molar-refractivity contribution in [2.24, 2.45) is 0 Å². The van der Waals surface area contributed by atoms with Crippen LogP contribution in [0.25, 0.3) is 5.65 Å². The first-order valence-electron chi connectivity index (χ1n) is 4.20. The van der Waals surface area contributed by atoms with Gasteiger partial charge in [-0.15, -0.1) is 0 Å². The Bertz CT molecular complexity index is 478. The fraction of sp³-hybridized carbons (Fsp3) is 0.222. The molecule has 0 aliphatic heterocycles. The zero-order valence-corrected chi connectivity index (χ0v) is 7.58. The molecule has 5 heteroatoms. The third kappa shape index (κ3) is 1.32. The average molecular weight is 191 g/mol. The monoisotopic (exact) mass is 191 g/mol. The Morgan fingerprint density at radius 1 is 1.64 bits per heavy atom. The number of carbonyl (C=O) groups is 1. The van der Waals surface area contributed by atoms with Crippen molar-refractivity contribution in [2.45, 2.75) is 12.8 Å². The predicted octanol–water partition coefficient (Wildman–Crippen LogP) is 0.917. The van der Waals surface area contributed by atoms with E-state index in [9.17, 15) is 4.79 Å². The SMILES string of the molecule is CC(C(=O)O)c1ccn2ncnc2c1. The van der Waals surface area contributed by atoms with E-state index in [1.165, 1.54) is 6.33 Å². The Kier molecular flexibility index (Phi) is 1.92. The summed E-state index contributed by atoms with van der Waals surface area (Å²) in [5, 5.41) is 12.7. The second-order valence-corrected chi connectivity index (χ2v) is 3.08. The summed E-state index contributed by atoms with van der Waals surface area (Å²) in [5.41, 5.74) is 1.40. The van der Waals surface area contributed by atoms with Crippen LogP contribution in [0.5, 0.6) is 0 Å². The molecule has 0 aromatic carbocycles. The summed E-state index contributed by atoms with van der Waals surface area (Å²) >= 11 is 0. The van der Waals surface area contributed by atoms with Gasteiger partial charge in [0.2, 0.25) is 0 Å². The molecule has 2 heterocycles. The van der Waals surface area contributed by atoms with Crippen molar-refractivity contribution < 1.29 is 9.90 Å². The van der Waals surface area contributed by atoms with Crippen molar-refractivity contribution in [2.75, 3.05) is 0 Å². The van der Waals surface area contributed by atoms with Gasteiger partial charge in [0.05, 0.1) is 5.92 Å². The Balaban J connectivity index is 2.48. The van der Waals surface area contributed by atoms with Crippen molar-refractivity contribution in [1.82, 2.24) is 14.6 Å². The first-order chi connectivity index (χ1) is 6.68. The van der Waals surface area contributed by atoms with Gasteiger partial charge in [-0.05, 0) is 24.6 Å². The van der Waals surface area contributed by atoms with E-state index in [2.05, 4.69) is 10.1 Å². The summed E-state index contributed by atoms with van der Waals surface area (Å²) in [6.07, 6.45) is 3.14. The van der Waals surface area contributed by atoms with Gasteiger partial charge in [0.15, 0.2) is 5.65 Å². The molecule has 0 bridgehead atoms. The minimum atomic E-state index is -0.839. The molecular weight excluding hydrogens is 182 g/mol. The number of hydrogen-bond donors (Lipinski definition) is 1. The summed E-state index contributed by atoms with van der Waals surface area (Å²) in [5.74, 6) is -1.36. The number of nitrogens with zero attached hydrogens (tertiary/aromatic N) is 3. The molecule has 2 aromatic rings. The minimum Gasteiger partial charge on any atom is -0.481 e. The number of fused-ring (bicyclic) bond motifs is 1. The minimum absolute atomic E-state index is 0.517. The zero-order chi connectivity index (χ0) is 10.1. The van der Waals surface area contributed by atoms with Crippen molar-refractivity contribution in [3.63, 3.8) is 0 Å². The molecule has 5 nitrogen and oxygen atoms in total. The first kappa shape index (κ1) is 8.68. The van der Waals surface area contributed by atoms with E-state index in [1.807, 2.05) is 0 Å². The summed E-state index contributed by atoms with van der Waals surface area (Å²) in [6, 6.07) is 3.46. The molecule has 0 saturated heterocycles. The van der Waals surface area contributed by atoms with Gasteiger partial charge in [-0.3, -0.25) is 4.79 Å². The van der Waals surface area contributed by atoms with Gasteiger partial charge in [0.1, 0.15) is 6.33 Å². The molecule has 0 aliphatic rings. The molecule has 0 spiro atoms. The normalized spacial score (nSPS) is 12.9. The zero-order valence-electron chi connectivity index (χ0n) is 7.58. The van der Waals surface area contributed by atoms with E-state index in [-0.39, 0.29) is 0 Å². The largest absolute Gasteiger partial charge is 0.481 e. The quantitative estimate of drug-likeness (QED) is 0.766. The average Bonchev–Trinajstić information content (AvgIpc) is 2.62. The van der Waals surface area contributed by atoms with Crippen LogP contribution in [0, 0.1) is 0 Å². The van der Waals surface area contributed by atoms with Crippen LogP contribution in [-0.4, -0.2) is 25.7 Å². The first-order valence-corrected chi connectivity index (χ1v) is 4.20. The molecule has 14 heavy (non-hydrogen) atoms. The number of carboxylic acid groups (broad SMARTS) is 1. The van der Waals surface area contributed by atoms with E-state index in [0.717, 1.165) is 5.56 Å². The molecule has 1 atom stereocenters. The lowest BCUT2D eigenvalue weighted by Gasteiger charge is -2.05. The fourth-order valence-electron chi connectivity index (χ4n) is 1.24. The Morgan fingerprint density at radius 2 is 2.43 bits per heavy atom. The molecule has 2 rings (SSSR count). The highest BCUT2D eigenvalue weighted by molar-refractivity contribution is 5.75. The van der Waals surface area contributed by atoms with Crippen molar-refractivity contribution >= 4 is 11.6 Å². The highest BCUT2D eigenvalue weighted by atomic mass is 16.4. The van der Waals surface area contributed by atoms with Gasteiger partial charge >= 0.3 is 5.97 Å². The van der Waals surface area contributed by atoms with Crippen LogP contribution in [0.15, 0.2) is 24.7 Å². The van der Waals surface area contributed by atoms with Crippen molar-refractivity contribution in [3.05, 3.63) is 30.2 Å². The lowest BCUT2D eigenvalue weighted by Crippen LogP contribution is -2.07. The summed E-state index contributed by atoms with van der Waals surface area (Å²) in [6.45, 7) is 1.64. The van der Waals surface area contributed by atoms with Crippen LogP contribution in [0.2, 0.25) is 0 Å². The standard InChI is InChI=1S/C9H9N3O2/c1-6(9(13)14)7-2-3-12-8(4-7)10-5-11-12/h2-6H,1H3,(H,13,14). The van der Waals surface area contributed by atoms with Crippen molar-refractivity contribution in [1.29, 1.82) is 0 Å². The van der Waals surface area contributed by atoms with Gasteiger partial charge < -0.3 is 5.11 Å². The summed E-state index contributed by atoms with van der Waals surface area (Å²) in [4.78, 5) is 14.7. The van der Waals surface area contributed by atoms with Crippen molar-refractivity contribution in [3.8, 4) is 0 Å². The molecule has 0 radical (unpaired) electrons. The Hall–Kier alpha value is -1.91. The lowest BCUT2D eigenvalue weighted by atomic mass is 10.0. The number of aliphatic carboxylic acids is 1. The van der Waals surface area contributed by atoms with E-state index < -0.39 is 11.9 Å². The molecule has 2 aromatic heterocycles. The third-order valence-electron chi connectivity index (χ3n) is 2.18. The smallest absolute Gasteiger partial charge is 0.310 e. The highest BCUT2D eigenvalue weighted by Crippen LogP contribution is 2.15. The molecular formula is C9H9N3O2. The van der Waals surface area contributed by atoms with Crippen LogP contribution < -0.4 is 0 Å². The maximum Gasteiger partial charge on any atom is 0.310 e. The van der Waals surface area contributed by atoms with Crippen LogP contribution in [-0.2, 0) is 4.79 Å². The number of aromatic nitrogens is 3. The maximum absolute atomic E-state index is 10.7. The molecule has 0 fully saturated rings. The number of hydrogen-bond acceptors (Lipinski definition) is 3.